The van der Waals surface area contributed by atoms with Crippen LogP contribution in [-0.2, 0) is 9.59 Å². The average Bonchev–Trinajstić information content (AvgIpc) is 3.23. The van der Waals surface area contributed by atoms with E-state index >= 15 is 0 Å². The molecule has 0 spiro atoms. The van der Waals surface area contributed by atoms with Crippen LogP contribution in [0.25, 0.3) is 0 Å². The molecule has 4 aromatic rings. The standard InChI is InChI=1S/C32H22N2O5/c35-29(33-19-7-5-6-18(16-19)32(38)39)17-12-14-20(15-13-17)34-30(36)27-25-21-8-1-2-9-22(21)26(28(27)31(34)37)24-11-4-3-10-23(24)25/h1-16,25-28H,(H,33,35)(H,38,39)/t25?,26?,27-,28+. The van der Waals surface area contributed by atoms with Crippen molar-refractivity contribution in [2.75, 3.05) is 10.2 Å². The Hall–Kier alpha value is -5.04. The fourth-order valence-electron chi connectivity index (χ4n) is 6.63. The Labute approximate surface area is 223 Å². The minimum absolute atomic E-state index is 0.0638. The predicted octanol–water partition coefficient (Wildman–Crippen LogP) is 5.03. The highest BCUT2D eigenvalue weighted by molar-refractivity contribution is 6.23. The molecule has 8 rings (SSSR count). The molecule has 1 heterocycles. The Kier molecular flexibility index (Phi) is 5.03. The molecule has 1 aliphatic heterocycles. The number of nitrogens with one attached hydrogen (secondary N) is 1. The lowest BCUT2D eigenvalue weighted by Crippen LogP contribution is -2.41. The van der Waals surface area contributed by atoms with Crippen molar-refractivity contribution in [3.8, 4) is 0 Å². The molecule has 3 aliphatic carbocycles. The van der Waals surface area contributed by atoms with Crippen LogP contribution in [0.2, 0.25) is 0 Å². The number of aromatic carboxylic acids is 1. The molecule has 0 aromatic heterocycles. The van der Waals surface area contributed by atoms with E-state index in [1.54, 1.807) is 36.4 Å². The summed E-state index contributed by atoms with van der Waals surface area (Å²) in [7, 11) is 0. The van der Waals surface area contributed by atoms with Crippen molar-refractivity contribution >= 4 is 35.1 Å². The molecular formula is C32H22N2O5. The van der Waals surface area contributed by atoms with Crippen LogP contribution in [0.3, 0.4) is 0 Å². The van der Waals surface area contributed by atoms with Gasteiger partial charge in [0.25, 0.3) is 5.91 Å². The fraction of sp³-hybridized carbons (Fsp3) is 0.125. The van der Waals surface area contributed by atoms with Gasteiger partial charge in [-0.25, -0.2) is 9.69 Å². The largest absolute Gasteiger partial charge is 0.478 e. The van der Waals surface area contributed by atoms with Gasteiger partial charge in [0, 0.05) is 23.1 Å². The van der Waals surface area contributed by atoms with Gasteiger partial charge in [-0.05, 0) is 64.7 Å². The number of imide groups is 1. The van der Waals surface area contributed by atoms with Gasteiger partial charge in [0.1, 0.15) is 0 Å². The first-order valence-electron chi connectivity index (χ1n) is 12.7. The van der Waals surface area contributed by atoms with Crippen LogP contribution in [0.5, 0.6) is 0 Å². The van der Waals surface area contributed by atoms with Crippen LogP contribution < -0.4 is 10.2 Å². The van der Waals surface area contributed by atoms with E-state index in [9.17, 15) is 24.3 Å². The SMILES string of the molecule is O=C(O)c1cccc(NC(=O)c2ccc(N3C(=O)[C@@H]4C5c6ccccc6C(c6ccccc65)[C@@H]4C3=O)cc2)c1. The van der Waals surface area contributed by atoms with Crippen molar-refractivity contribution in [3.63, 3.8) is 0 Å². The summed E-state index contributed by atoms with van der Waals surface area (Å²) in [6.07, 6.45) is 0. The van der Waals surface area contributed by atoms with E-state index in [0.29, 0.717) is 16.9 Å². The van der Waals surface area contributed by atoms with Gasteiger partial charge in [-0.15, -0.1) is 0 Å². The molecule has 0 unspecified atom stereocenters. The molecule has 0 saturated carbocycles. The van der Waals surface area contributed by atoms with Crippen LogP contribution in [0.15, 0.2) is 97.1 Å². The van der Waals surface area contributed by atoms with Crippen molar-refractivity contribution in [1.29, 1.82) is 0 Å². The van der Waals surface area contributed by atoms with Crippen LogP contribution in [-0.4, -0.2) is 28.8 Å². The number of anilines is 2. The van der Waals surface area contributed by atoms with E-state index in [1.807, 2.05) is 24.3 Å². The quantitative estimate of drug-likeness (QED) is 0.372. The summed E-state index contributed by atoms with van der Waals surface area (Å²) in [6.45, 7) is 0. The molecule has 2 bridgehead atoms. The fourth-order valence-corrected chi connectivity index (χ4v) is 6.63. The van der Waals surface area contributed by atoms with E-state index in [-0.39, 0.29) is 29.2 Å². The molecule has 4 aliphatic rings. The smallest absolute Gasteiger partial charge is 0.335 e. The van der Waals surface area contributed by atoms with Crippen molar-refractivity contribution in [2.24, 2.45) is 11.8 Å². The maximum Gasteiger partial charge on any atom is 0.335 e. The number of hydrogen-bond donors (Lipinski definition) is 2. The number of carbonyl (C=O) groups excluding carboxylic acids is 3. The minimum Gasteiger partial charge on any atom is -0.478 e. The Bertz CT molecular complexity index is 1590. The van der Waals surface area contributed by atoms with Crippen LogP contribution in [0.1, 0.15) is 54.8 Å². The highest BCUT2D eigenvalue weighted by atomic mass is 16.4. The molecule has 190 valence electrons. The van der Waals surface area contributed by atoms with E-state index in [0.717, 1.165) is 22.3 Å². The Morgan fingerprint density at radius 1 is 0.641 bits per heavy atom. The second-order valence-electron chi connectivity index (χ2n) is 10.2. The van der Waals surface area contributed by atoms with Crippen LogP contribution in [0.4, 0.5) is 11.4 Å². The number of carbonyl (C=O) groups is 4. The van der Waals surface area contributed by atoms with Crippen molar-refractivity contribution in [1.82, 2.24) is 0 Å². The lowest BCUT2D eigenvalue weighted by Gasteiger charge is -2.45. The average molecular weight is 515 g/mol. The lowest BCUT2D eigenvalue weighted by molar-refractivity contribution is -0.122. The van der Waals surface area contributed by atoms with Crippen molar-refractivity contribution < 1.29 is 24.3 Å². The van der Waals surface area contributed by atoms with E-state index < -0.39 is 23.7 Å². The summed E-state index contributed by atoms with van der Waals surface area (Å²) in [5.41, 5.74) is 5.62. The van der Waals surface area contributed by atoms with E-state index in [1.165, 1.54) is 17.0 Å². The molecule has 3 amide bonds. The summed E-state index contributed by atoms with van der Waals surface area (Å²) >= 11 is 0. The van der Waals surface area contributed by atoms with Gasteiger partial charge >= 0.3 is 5.97 Å². The van der Waals surface area contributed by atoms with Gasteiger partial charge in [-0.1, -0.05) is 54.6 Å². The van der Waals surface area contributed by atoms with E-state index in [2.05, 4.69) is 29.6 Å². The molecular weight excluding hydrogens is 492 g/mol. The third-order valence-electron chi connectivity index (χ3n) is 8.20. The Balaban J connectivity index is 1.19. The van der Waals surface area contributed by atoms with Gasteiger partial charge in [0.15, 0.2) is 0 Å². The van der Waals surface area contributed by atoms with Crippen molar-refractivity contribution in [2.45, 2.75) is 11.8 Å². The number of nitrogens with zero attached hydrogens (tertiary/aromatic N) is 1. The molecule has 39 heavy (non-hydrogen) atoms. The zero-order chi connectivity index (χ0) is 26.8. The first-order chi connectivity index (χ1) is 18.9. The summed E-state index contributed by atoms with van der Waals surface area (Å²) < 4.78 is 0. The number of carboxylic acid groups (broad SMARTS) is 1. The Morgan fingerprint density at radius 3 is 1.64 bits per heavy atom. The van der Waals surface area contributed by atoms with Crippen LogP contribution in [0, 0.1) is 11.8 Å². The van der Waals surface area contributed by atoms with Gasteiger partial charge in [0.2, 0.25) is 11.8 Å². The monoisotopic (exact) mass is 514 g/mol. The normalized spacial score (nSPS) is 22.2. The third-order valence-corrected chi connectivity index (χ3v) is 8.20. The molecule has 2 atom stereocenters. The molecule has 7 heteroatoms. The maximum absolute atomic E-state index is 13.9. The lowest BCUT2D eigenvalue weighted by atomic mass is 9.55. The molecule has 0 radical (unpaired) electrons. The molecule has 1 fully saturated rings. The minimum atomic E-state index is -1.09. The van der Waals surface area contributed by atoms with Gasteiger partial charge in [-0.3, -0.25) is 14.4 Å². The highest BCUT2D eigenvalue weighted by Crippen LogP contribution is 2.61. The highest BCUT2D eigenvalue weighted by Gasteiger charge is 2.61. The van der Waals surface area contributed by atoms with Crippen molar-refractivity contribution in [3.05, 3.63) is 130 Å². The topological polar surface area (TPSA) is 104 Å². The molecule has 1 saturated heterocycles. The predicted molar refractivity (Wildman–Crippen MR) is 144 cm³/mol. The second kappa shape index (κ2) is 8.49. The van der Waals surface area contributed by atoms with E-state index in [4.69, 9.17) is 0 Å². The number of amides is 3. The van der Waals surface area contributed by atoms with Gasteiger partial charge in [-0.2, -0.15) is 0 Å². The van der Waals surface area contributed by atoms with Gasteiger partial charge < -0.3 is 10.4 Å². The number of rotatable bonds is 4. The third kappa shape index (κ3) is 3.36. The number of benzene rings is 4. The second-order valence-corrected chi connectivity index (χ2v) is 10.2. The van der Waals surface area contributed by atoms with Crippen LogP contribution >= 0.6 is 0 Å². The Morgan fingerprint density at radius 2 is 1.15 bits per heavy atom. The maximum atomic E-state index is 13.9. The molecule has 2 N–H and O–H groups in total. The summed E-state index contributed by atoms with van der Waals surface area (Å²) in [4.78, 5) is 53.1. The number of hydrogen-bond acceptors (Lipinski definition) is 4. The zero-order valence-corrected chi connectivity index (χ0v) is 20.6. The zero-order valence-electron chi connectivity index (χ0n) is 20.6. The van der Waals surface area contributed by atoms with Gasteiger partial charge in [0.05, 0.1) is 23.1 Å². The summed E-state index contributed by atoms with van der Waals surface area (Å²) in [6, 6.07) is 28.5. The first kappa shape index (κ1) is 23.1. The summed E-state index contributed by atoms with van der Waals surface area (Å²) in [5, 5.41) is 11.9. The molecule has 4 aromatic carbocycles. The summed E-state index contributed by atoms with van der Waals surface area (Å²) in [5.74, 6) is -3.26. The molecule has 7 nitrogen and oxygen atoms in total. The number of carboxylic acids is 1. The first-order valence-corrected chi connectivity index (χ1v) is 12.7.